The summed E-state index contributed by atoms with van der Waals surface area (Å²) in [5.41, 5.74) is 1.14. The van der Waals surface area contributed by atoms with Crippen molar-refractivity contribution < 1.29 is 0 Å². The first-order valence-electron chi connectivity index (χ1n) is 3.99. The zero-order valence-corrected chi connectivity index (χ0v) is 8.66. The van der Waals surface area contributed by atoms with Crippen LogP contribution in [0.3, 0.4) is 0 Å². The fourth-order valence-electron chi connectivity index (χ4n) is 0.894. The van der Waals surface area contributed by atoms with Gasteiger partial charge in [-0.1, -0.05) is 37.3 Å². The molecule has 0 nitrogen and oxygen atoms in total. The van der Waals surface area contributed by atoms with Crippen molar-refractivity contribution in [1.82, 2.24) is 0 Å². The maximum atomic E-state index is 6.08. The maximum Gasteiger partial charge on any atom is 0.102 e. The monoisotopic (exact) mass is 199 g/mol. The lowest BCUT2D eigenvalue weighted by Crippen LogP contribution is -1.94. The predicted octanol–water partition coefficient (Wildman–Crippen LogP) is 3.56. The minimum atomic E-state index is 0.919. The second-order valence-corrected chi connectivity index (χ2v) is 4.14. The Balaban J connectivity index is 2.48. The van der Waals surface area contributed by atoms with Gasteiger partial charge >= 0.3 is 0 Å². The first-order valence-corrected chi connectivity index (χ1v) is 5.52. The van der Waals surface area contributed by atoms with Gasteiger partial charge in [0.15, 0.2) is 0 Å². The van der Waals surface area contributed by atoms with Crippen LogP contribution in [0.1, 0.15) is 12.5 Å². The van der Waals surface area contributed by atoms with E-state index in [-0.39, 0.29) is 0 Å². The molecular formula is C10H12ClS. The largest absolute Gasteiger partial charge is 0.160 e. The molecule has 0 saturated heterocycles. The van der Waals surface area contributed by atoms with Crippen molar-refractivity contribution in [2.75, 3.05) is 11.5 Å². The molecule has 0 amide bonds. The van der Waals surface area contributed by atoms with Gasteiger partial charge < -0.3 is 0 Å². The predicted molar refractivity (Wildman–Crippen MR) is 57.6 cm³/mol. The Bertz CT molecular complexity index is 210. The van der Waals surface area contributed by atoms with Crippen molar-refractivity contribution in [2.24, 2.45) is 0 Å². The van der Waals surface area contributed by atoms with Crippen molar-refractivity contribution in [3.05, 3.63) is 41.3 Å². The number of hydrogen-bond donors (Lipinski definition) is 0. The van der Waals surface area contributed by atoms with E-state index in [4.69, 9.17) is 11.6 Å². The third-order valence-electron chi connectivity index (χ3n) is 1.52. The molecule has 0 aliphatic carbocycles. The van der Waals surface area contributed by atoms with E-state index >= 15 is 0 Å². The molecule has 1 rings (SSSR count). The second kappa shape index (κ2) is 5.50. The van der Waals surface area contributed by atoms with Crippen LogP contribution in [0.25, 0.3) is 0 Å². The summed E-state index contributed by atoms with van der Waals surface area (Å²) >= 11 is 7.92. The lowest BCUT2D eigenvalue weighted by molar-refractivity contribution is 1.36. The molecule has 0 atom stereocenters. The van der Waals surface area contributed by atoms with Gasteiger partial charge in [0, 0.05) is 5.75 Å². The molecule has 0 aliphatic rings. The van der Waals surface area contributed by atoms with E-state index in [2.05, 4.69) is 6.92 Å². The van der Waals surface area contributed by atoms with E-state index in [0.717, 1.165) is 22.4 Å². The fraction of sp³-hybridized carbons (Fsp3) is 0.300. The Hall–Kier alpha value is -0.140. The fourth-order valence-corrected chi connectivity index (χ4v) is 1.80. The van der Waals surface area contributed by atoms with Gasteiger partial charge in [0.2, 0.25) is 0 Å². The van der Waals surface area contributed by atoms with E-state index < -0.39 is 0 Å². The minimum Gasteiger partial charge on any atom is -0.160 e. The maximum absolute atomic E-state index is 6.08. The average Bonchev–Trinajstić information content (AvgIpc) is 2.15. The Morgan fingerprint density at radius 2 is 2.00 bits per heavy atom. The molecule has 0 saturated carbocycles. The van der Waals surface area contributed by atoms with Crippen LogP contribution in [0.4, 0.5) is 0 Å². The zero-order chi connectivity index (χ0) is 8.81. The zero-order valence-electron chi connectivity index (χ0n) is 7.09. The Morgan fingerprint density at radius 3 is 2.58 bits per heavy atom. The first-order chi connectivity index (χ1) is 5.84. The van der Waals surface area contributed by atoms with E-state index in [0.29, 0.717) is 0 Å². The van der Waals surface area contributed by atoms with E-state index in [1.54, 1.807) is 0 Å². The van der Waals surface area contributed by atoms with Gasteiger partial charge in [0.05, 0.1) is 0 Å². The van der Waals surface area contributed by atoms with Crippen LogP contribution in [0, 0.1) is 5.38 Å². The molecule has 0 heterocycles. The SMILES string of the molecule is CCSC[C](Cl)c1ccccc1. The molecule has 1 aromatic carbocycles. The molecule has 0 bridgehead atoms. The molecule has 2 heteroatoms. The third-order valence-corrected chi connectivity index (χ3v) is 2.93. The highest BCUT2D eigenvalue weighted by Gasteiger charge is 2.06. The number of benzene rings is 1. The van der Waals surface area contributed by atoms with Crippen LogP contribution in [-0.4, -0.2) is 11.5 Å². The number of hydrogen-bond acceptors (Lipinski definition) is 1. The standard InChI is InChI=1S/C10H12ClS/c1-2-12-8-10(11)9-6-4-3-5-7-9/h3-7H,2,8H2,1H3. The van der Waals surface area contributed by atoms with Gasteiger partial charge in [-0.05, 0) is 11.3 Å². The average molecular weight is 200 g/mol. The van der Waals surface area contributed by atoms with E-state index in [9.17, 15) is 0 Å². The Morgan fingerprint density at radius 1 is 1.33 bits per heavy atom. The van der Waals surface area contributed by atoms with Gasteiger partial charge in [-0.25, -0.2) is 0 Å². The lowest BCUT2D eigenvalue weighted by Gasteiger charge is -2.06. The van der Waals surface area contributed by atoms with Crippen LogP contribution < -0.4 is 0 Å². The quantitative estimate of drug-likeness (QED) is 0.715. The summed E-state index contributed by atoms with van der Waals surface area (Å²) in [6, 6.07) is 10.1. The molecule has 1 radical (unpaired) electrons. The highest BCUT2D eigenvalue weighted by Crippen LogP contribution is 2.22. The molecule has 0 aromatic heterocycles. The van der Waals surface area contributed by atoms with Gasteiger partial charge in [0.1, 0.15) is 5.38 Å². The van der Waals surface area contributed by atoms with E-state index in [1.165, 1.54) is 0 Å². The first kappa shape index (κ1) is 9.94. The third kappa shape index (κ3) is 3.08. The molecular weight excluding hydrogens is 188 g/mol. The van der Waals surface area contributed by atoms with Crippen LogP contribution >= 0.6 is 23.4 Å². The van der Waals surface area contributed by atoms with Gasteiger partial charge in [0.25, 0.3) is 0 Å². The number of halogens is 1. The smallest absolute Gasteiger partial charge is 0.102 e. The Kier molecular flexibility index (Phi) is 4.55. The van der Waals surface area contributed by atoms with Crippen molar-refractivity contribution in [3.8, 4) is 0 Å². The van der Waals surface area contributed by atoms with Gasteiger partial charge in [-0.2, -0.15) is 11.8 Å². The highest BCUT2D eigenvalue weighted by atomic mass is 35.5. The minimum absolute atomic E-state index is 0.919. The molecule has 1 aromatic rings. The van der Waals surface area contributed by atoms with Crippen molar-refractivity contribution in [1.29, 1.82) is 0 Å². The summed E-state index contributed by atoms with van der Waals surface area (Å²) in [6.45, 7) is 2.14. The van der Waals surface area contributed by atoms with Gasteiger partial charge in [-0.15, -0.1) is 11.6 Å². The molecule has 0 spiro atoms. The lowest BCUT2D eigenvalue weighted by atomic mass is 10.2. The number of rotatable bonds is 4. The molecule has 0 aliphatic heterocycles. The van der Waals surface area contributed by atoms with Crippen molar-refractivity contribution >= 4 is 23.4 Å². The molecule has 0 N–H and O–H groups in total. The molecule has 0 unspecified atom stereocenters. The van der Waals surface area contributed by atoms with Crippen LogP contribution in [-0.2, 0) is 0 Å². The summed E-state index contributed by atoms with van der Waals surface area (Å²) in [5, 5.41) is 0.947. The summed E-state index contributed by atoms with van der Waals surface area (Å²) in [7, 11) is 0. The van der Waals surface area contributed by atoms with Crippen LogP contribution in [0.5, 0.6) is 0 Å². The summed E-state index contributed by atoms with van der Waals surface area (Å²) in [5.74, 6) is 2.03. The normalized spacial score (nSPS) is 10.6. The second-order valence-electron chi connectivity index (χ2n) is 2.41. The molecule has 65 valence electrons. The summed E-state index contributed by atoms with van der Waals surface area (Å²) < 4.78 is 0. The topological polar surface area (TPSA) is 0 Å². The van der Waals surface area contributed by atoms with Crippen molar-refractivity contribution in [2.45, 2.75) is 6.92 Å². The molecule has 0 fully saturated rings. The van der Waals surface area contributed by atoms with Crippen molar-refractivity contribution in [3.63, 3.8) is 0 Å². The van der Waals surface area contributed by atoms with Crippen LogP contribution in [0.15, 0.2) is 30.3 Å². The summed E-state index contributed by atoms with van der Waals surface area (Å²) in [4.78, 5) is 0. The summed E-state index contributed by atoms with van der Waals surface area (Å²) in [6.07, 6.45) is 0. The van der Waals surface area contributed by atoms with Gasteiger partial charge in [-0.3, -0.25) is 0 Å². The highest BCUT2D eigenvalue weighted by molar-refractivity contribution is 7.99. The Labute approximate surface area is 83.3 Å². The van der Waals surface area contributed by atoms with E-state index in [1.807, 2.05) is 42.1 Å². The number of thioether (sulfide) groups is 1. The molecule has 12 heavy (non-hydrogen) atoms. The van der Waals surface area contributed by atoms with Crippen LogP contribution in [0.2, 0.25) is 0 Å².